The first kappa shape index (κ1) is 39.9. The van der Waals surface area contributed by atoms with E-state index >= 15 is 0 Å². The van der Waals surface area contributed by atoms with Gasteiger partial charge in [-0.1, -0.05) is 188 Å². The quantitative estimate of drug-likeness (QED) is 0.151. The Bertz CT molecular complexity index is 3990. The van der Waals surface area contributed by atoms with Crippen LogP contribution in [0.3, 0.4) is 0 Å². The minimum absolute atomic E-state index is 0.596. The van der Waals surface area contributed by atoms with Crippen LogP contribution in [0.2, 0.25) is 0 Å². The van der Waals surface area contributed by atoms with E-state index in [0.29, 0.717) is 23.3 Å². The van der Waals surface area contributed by atoms with Gasteiger partial charge >= 0.3 is 0 Å². The van der Waals surface area contributed by atoms with Crippen molar-refractivity contribution in [2.45, 2.75) is 0 Å². The molecule has 0 aliphatic rings. The lowest BCUT2D eigenvalue weighted by atomic mass is 9.98. The summed E-state index contributed by atoms with van der Waals surface area (Å²) in [5, 5.41) is 6.72. The molecule has 13 rings (SSSR count). The highest BCUT2D eigenvalue weighted by atomic mass is 16.3. The van der Waals surface area contributed by atoms with Crippen molar-refractivity contribution in [1.29, 1.82) is 0 Å². The van der Waals surface area contributed by atoms with E-state index in [0.717, 1.165) is 105 Å². The van der Waals surface area contributed by atoms with E-state index in [-0.39, 0.29) is 0 Å². The van der Waals surface area contributed by atoms with E-state index in [1.165, 1.54) is 5.56 Å². The van der Waals surface area contributed by atoms with Gasteiger partial charge in [-0.2, -0.15) is 0 Å². The van der Waals surface area contributed by atoms with Gasteiger partial charge in [-0.3, -0.25) is 0 Å². The molecule has 0 bridgehead atoms. The second-order valence-electron chi connectivity index (χ2n) is 17.3. The molecule has 0 atom stereocenters. The first-order chi connectivity index (χ1) is 34.1. The molecule has 0 spiro atoms. The van der Waals surface area contributed by atoms with Gasteiger partial charge in [0.2, 0.25) is 0 Å². The average molecular weight is 882 g/mol. The predicted octanol–water partition coefficient (Wildman–Crippen LogP) is 16.2. The highest BCUT2D eigenvalue weighted by Crippen LogP contribution is 2.36. The molecule has 0 aliphatic carbocycles. The fourth-order valence-corrected chi connectivity index (χ4v) is 9.32. The molecule has 0 aliphatic heterocycles. The Labute approximate surface area is 398 Å². The third kappa shape index (κ3) is 7.66. The molecule has 0 saturated heterocycles. The Morgan fingerprint density at radius 2 is 0.638 bits per heavy atom. The molecule has 0 amide bonds. The van der Waals surface area contributed by atoms with Crippen LogP contribution in [0.25, 0.3) is 134 Å². The van der Waals surface area contributed by atoms with Crippen LogP contribution in [0.1, 0.15) is 0 Å². The smallest absolute Gasteiger partial charge is 0.164 e. The Morgan fingerprint density at radius 1 is 0.217 bits per heavy atom. The number of nitrogens with zero attached hydrogens (tertiary/aromatic N) is 5. The zero-order valence-electron chi connectivity index (χ0n) is 37.2. The molecule has 0 unspecified atom stereocenters. The molecule has 3 heterocycles. The monoisotopic (exact) mass is 881 g/mol. The zero-order valence-corrected chi connectivity index (χ0v) is 37.2. The third-order valence-corrected chi connectivity index (χ3v) is 12.9. The summed E-state index contributed by atoms with van der Waals surface area (Å²) in [6.45, 7) is 0. The number of hydrogen-bond donors (Lipinski definition) is 0. The van der Waals surface area contributed by atoms with Gasteiger partial charge in [-0.05, 0) is 92.3 Å². The molecule has 13 aromatic rings. The fraction of sp³-hybridized carbons (Fsp3) is 0. The van der Waals surface area contributed by atoms with Crippen molar-refractivity contribution in [1.82, 2.24) is 24.9 Å². The minimum Gasteiger partial charge on any atom is -0.456 e. The molecular formula is C63H39N5O. The molecule has 322 valence electrons. The molecule has 6 heteroatoms. The van der Waals surface area contributed by atoms with E-state index < -0.39 is 0 Å². The van der Waals surface area contributed by atoms with Crippen LogP contribution in [0.5, 0.6) is 0 Å². The Kier molecular flexibility index (Phi) is 9.72. The van der Waals surface area contributed by atoms with E-state index in [1.807, 2.05) is 24.3 Å². The standard InChI is InChI=1S/C63H39N5O/c1-2-12-40(13-3-1)43-24-28-44(29-25-43)56-39-57(65-60(64-56)53-32-33-55-54-22-8-9-23-58(54)69-59(55)38-53)49-20-10-18-47(34-49)48-19-11-21-50(37-48)61-66-62(51-30-26-41-14-4-6-16-45(41)35-51)68-63(67-61)52-31-27-42-15-5-7-17-46(42)36-52/h1-39H. The maximum Gasteiger partial charge on any atom is 0.164 e. The zero-order chi connectivity index (χ0) is 45.7. The van der Waals surface area contributed by atoms with Crippen LogP contribution < -0.4 is 0 Å². The summed E-state index contributed by atoms with van der Waals surface area (Å²) in [7, 11) is 0. The van der Waals surface area contributed by atoms with Crippen molar-refractivity contribution in [2.75, 3.05) is 0 Å². The van der Waals surface area contributed by atoms with E-state index in [9.17, 15) is 0 Å². The topological polar surface area (TPSA) is 77.6 Å². The summed E-state index contributed by atoms with van der Waals surface area (Å²) in [6.07, 6.45) is 0. The normalized spacial score (nSPS) is 11.5. The number of aromatic nitrogens is 5. The van der Waals surface area contributed by atoms with Crippen molar-refractivity contribution < 1.29 is 4.42 Å². The molecular weight excluding hydrogens is 843 g/mol. The summed E-state index contributed by atoms with van der Waals surface area (Å²) < 4.78 is 6.33. The number of para-hydroxylation sites is 1. The first-order valence-electron chi connectivity index (χ1n) is 23.0. The third-order valence-electron chi connectivity index (χ3n) is 12.9. The van der Waals surface area contributed by atoms with Crippen LogP contribution in [-0.4, -0.2) is 24.9 Å². The minimum atomic E-state index is 0.596. The van der Waals surface area contributed by atoms with Gasteiger partial charge in [0.1, 0.15) is 11.2 Å². The molecule has 3 aromatic heterocycles. The van der Waals surface area contributed by atoms with E-state index in [4.69, 9.17) is 29.3 Å². The van der Waals surface area contributed by atoms with Crippen LogP contribution >= 0.6 is 0 Å². The lowest BCUT2D eigenvalue weighted by Gasteiger charge is -2.12. The number of fused-ring (bicyclic) bond motifs is 5. The second-order valence-corrected chi connectivity index (χ2v) is 17.3. The van der Waals surface area contributed by atoms with Crippen LogP contribution in [-0.2, 0) is 0 Å². The SMILES string of the molecule is c1ccc(-c2ccc(-c3cc(-c4cccc(-c5cccc(-c6nc(-c7ccc8ccccc8c7)nc(-c7ccc8ccccc8c7)n6)c5)c4)nc(-c4ccc5c(c4)oc4ccccc45)n3)cc2)cc1. The maximum atomic E-state index is 6.33. The number of hydrogen-bond acceptors (Lipinski definition) is 6. The Morgan fingerprint density at radius 3 is 1.30 bits per heavy atom. The van der Waals surface area contributed by atoms with Gasteiger partial charge in [0.25, 0.3) is 0 Å². The molecule has 0 fully saturated rings. The maximum absolute atomic E-state index is 6.33. The van der Waals surface area contributed by atoms with Gasteiger partial charge in [0.05, 0.1) is 11.4 Å². The van der Waals surface area contributed by atoms with Crippen molar-refractivity contribution in [2.24, 2.45) is 0 Å². The molecule has 0 radical (unpaired) electrons. The molecule has 6 nitrogen and oxygen atoms in total. The summed E-state index contributed by atoms with van der Waals surface area (Å²) >= 11 is 0. The summed E-state index contributed by atoms with van der Waals surface area (Å²) in [6, 6.07) is 81.9. The highest BCUT2D eigenvalue weighted by Gasteiger charge is 2.17. The van der Waals surface area contributed by atoms with Crippen LogP contribution in [0.15, 0.2) is 241 Å². The molecule has 0 saturated carbocycles. The summed E-state index contributed by atoms with van der Waals surface area (Å²) in [4.78, 5) is 25.9. The van der Waals surface area contributed by atoms with Gasteiger partial charge in [-0.15, -0.1) is 0 Å². The molecule has 69 heavy (non-hydrogen) atoms. The van der Waals surface area contributed by atoms with Gasteiger partial charge < -0.3 is 4.42 Å². The highest BCUT2D eigenvalue weighted by molar-refractivity contribution is 6.05. The molecule has 10 aromatic carbocycles. The van der Waals surface area contributed by atoms with Crippen molar-refractivity contribution in [3.63, 3.8) is 0 Å². The van der Waals surface area contributed by atoms with Crippen LogP contribution in [0, 0.1) is 0 Å². The van der Waals surface area contributed by atoms with Crippen molar-refractivity contribution >= 4 is 43.5 Å². The lowest BCUT2D eigenvalue weighted by Crippen LogP contribution is -2.00. The first-order valence-corrected chi connectivity index (χ1v) is 23.0. The van der Waals surface area contributed by atoms with Crippen molar-refractivity contribution in [3.05, 3.63) is 237 Å². The van der Waals surface area contributed by atoms with Gasteiger partial charge in [0.15, 0.2) is 23.3 Å². The summed E-state index contributed by atoms with van der Waals surface area (Å²) in [5.41, 5.74) is 13.2. The number of furan rings is 1. The second kappa shape index (κ2) is 16.8. The Balaban J connectivity index is 0.906. The average Bonchev–Trinajstić information content (AvgIpc) is 3.81. The van der Waals surface area contributed by atoms with Gasteiger partial charge in [0, 0.05) is 44.2 Å². The Hall–Kier alpha value is -9.39. The molecule has 0 N–H and O–H groups in total. The van der Waals surface area contributed by atoms with Crippen LogP contribution in [0.4, 0.5) is 0 Å². The lowest BCUT2D eigenvalue weighted by molar-refractivity contribution is 0.669. The fourth-order valence-electron chi connectivity index (χ4n) is 9.32. The van der Waals surface area contributed by atoms with E-state index in [2.05, 4.69) is 212 Å². The summed E-state index contributed by atoms with van der Waals surface area (Å²) in [5.74, 6) is 2.44. The number of rotatable bonds is 8. The van der Waals surface area contributed by atoms with Gasteiger partial charge in [-0.25, -0.2) is 24.9 Å². The van der Waals surface area contributed by atoms with Crippen molar-refractivity contribution in [3.8, 4) is 90.3 Å². The van der Waals surface area contributed by atoms with E-state index in [1.54, 1.807) is 0 Å². The predicted molar refractivity (Wildman–Crippen MR) is 281 cm³/mol. The number of benzene rings is 10. The largest absolute Gasteiger partial charge is 0.456 e.